The third-order valence-corrected chi connectivity index (χ3v) is 9.14. The van der Waals surface area contributed by atoms with Gasteiger partial charge in [-0.05, 0) is 85.0 Å². The molecule has 0 aliphatic carbocycles. The molecule has 2 aliphatic rings. The van der Waals surface area contributed by atoms with Crippen molar-refractivity contribution >= 4 is 23.5 Å². The van der Waals surface area contributed by atoms with Gasteiger partial charge in [0.05, 0.1) is 5.56 Å². The molecular weight excluding hydrogens is 554 g/mol. The standard InChI is InChI=1S/C35H37N5O4/c1-21-14-23-8-6-7-9-24(23)20-40(21)34(43)31-16-26-19-39(35(44)36-3)18-25(26)15-30(31)32-17-29(22(2)37(32)4)33(42)38(5)27-10-12-28(41)13-11-27/h6-13,15-17,21,41H,14,18-20H2,1-5H3,(H,36,44)/t21-/m1/s1. The van der Waals surface area contributed by atoms with E-state index in [1.807, 2.05) is 53.8 Å². The minimum atomic E-state index is -0.198. The molecule has 44 heavy (non-hydrogen) atoms. The number of carbonyl (C=O) groups is 3. The van der Waals surface area contributed by atoms with Crippen molar-refractivity contribution in [2.24, 2.45) is 7.05 Å². The van der Waals surface area contributed by atoms with Crippen LogP contribution in [0.3, 0.4) is 0 Å². The van der Waals surface area contributed by atoms with Crippen molar-refractivity contribution in [2.75, 3.05) is 19.0 Å². The van der Waals surface area contributed by atoms with Crippen LogP contribution in [0.4, 0.5) is 10.5 Å². The number of urea groups is 1. The number of carbonyl (C=O) groups excluding carboxylic acids is 3. The second kappa shape index (κ2) is 11.2. The Morgan fingerprint density at radius 3 is 2.23 bits per heavy atom. The molecule has 3 heterocycles. The number of nitrogens with zero attached hydrogens (tertiary/aromatic N) is 4. The lowest BCUT2D eigenvalue weighted by atomic mass is 9.92. The predicted octanol–water partition coefficient (Wildman–Crippen LogP) is 5.22. The molecule has 226 valence electrons. The summed E-state index contributed by atoms with van der Waals surface area (Å²) in [5.74, 6) is -0.143. The first-order valence-corrected chi connectivity index (χ1v) is 14.8. The smallest absolute Gasteiger partial charge is 0.317 e. The first-order chi connectivity index (χ1) is 21.1. The van der Waals surface area contributed by atoms with E-state index < -0.39 is 0 Å². The van der Waals surface area contributed by atoms with Gasteiger partial charge in [-0.2, -0.15) is 0 Å². The fourth-order valence-electron chi connectivity index (χ4n) is 6.40. The summed E-state index contributed by atoms with van der Waals surface area (Å²) in [5, 5.41) is 12.4. The Morgan fingerprint density at radius 1 is 0.886 bits per heavy atom. The van der Waals surface area contributed by atoms with Crippen molar-refractivity contribution in [3.8, 4) is 17.0 Å². The van der Waals surface area contributed by atoms with E-state index in [1.54, 1.807) is 48.2 Å². The van der Waals surface area contributed by atoms with Crippen LogP contribution < -0.4 is 10.2 Å². The molecule has 0 spiro atoms. The van der Waals surface area contributed by atoms with Gasteiger partial charge in [0.15, 0.2) is 0 Å². The molecule has 0 saturated carbocycles. The Morgan fingerprint density at radius 2 is 1.55 bits per heavy atom. The van der Waals surface area contributed by atoms with Gasteiger partial charge in [-0.25, -0.2) is 4.79 Å². The molecule has 1 atom stereocenters. The van der Waals surface area contributed by atoms with Crippen molar-refractivity contribution < 1.29 is 19.5 Å². The zero-order valence-corrected chi connectivity index (χ0v) is 25.7. The van der Waals surface area contributed by atoms with E-state index in [1.165, 1.54) is 5.56 Å². The van der Waals surface area contributed by atoms with Gasteiger partial charge in [0.2, 0.25) is 0 Å². The molecular formula is C35H37N5O4. The Kier molecular flexibility index (Phi) is 7.41. The largest absolute Gasteiger partial charge is 0.508 e. The Balaban J connectivity index is 1.43. The van der Waals surface area contributed by atoms with Gasteiger partial charge >= 0.3 is 6.03 Å². The van der Waals surface area contributed by atoms with Crippen LogP contribution in [0.1, 0.15) is 55.6 Å². The number of amides is 4. The molecule has 0 unspecified atom stereocenters. The average Bonchev–Trinajstić information content (AvgIpc) is 3.58. The normalized spacial score (nSPS) is 15.5. The molecule has 0 bridgehead atoms. The zero-order valence-electron chi connectivity index (χ0n) is 25.7. The van der Waals surface area contributed by atoms with Gasteiger partial charge in [0.1, 0.15) is 5.75 Å². The maximum atomic E-state index is 14.5. The number of fused-ring (bicyclic) bond motifs is 2. The van der Waals surface area contributed by atoms with E-state index in [4.69, 9.17) is 0 Å². The molecule has 0 fully saturated rings. The fourth-order valence-corrected chi connectivity index (χ4v) is 6.40. The summed E-state index contributed by atoms with van der Waals surface area (Å²) in [7, 11) is 5.22. The molecule has 2 aliphatic heterocycles. The molecule has 3 aromatic carbocycles. The summed E-state index contributed by atoms with van der Waals surface area (Å²) in [6.45, 7) is 5.35. The van der Waals surface area contributed by atoms with Gasteiger partial charge in [0, 0.05) is 75.0 Å². The lowest BCUT2D eigenvalue weighted by molar-refractivity contribution is 0.0658. The molecule has 6 rings (SSSR count). The van der Waals surface area contributed by atoms with E-state index >= 15 is 0 Å². The highest BCUT2D eigenvalue weighted by atomic mass is 16.3. The third-order valence-electron chi connectivity index (χ3n) is 9.14. The Bertz CT molecular complexity index is 1790. The quantitative estimate of drug-likeness (QED) is 0.340. The number of hydrogen-bond acceptors (Lipinski definition) is 4. The molecule has 2 N–H and O–H groups in total. The van der Waals surface area contributed by atoms with Crippen molar-refractivity contribution in [1.29, 1.82) is 0 Å². The maximum Gasteiger partial charge on any atom is 0.317 e. The lowest BCUT2D eigenvalue weighted by Crippen LogP contribution is -2.42. The number of phenolic OH excluding ortho intramolecular Hbond substituents is 1. The summed E-state index contributed by atoms with van der Waals surface area (Å²) in [6.07, 6.45) is 0.776. The number of aromatic hydroxyl groups is 1. The zero-order chi connectivity index (χ0) is 31.3. The van der Waals surface area contributed by atoms with Crippen LogP contribution in [-0.2, 0) is 33.1 Å². The highest BCUT2D eigenvalue weighted by Gasteiger charge is 2.33. The maximum absolute atomic E-state index is 14.5. The molecule has 4 aromatic rings. The van der Waals surface area contributed by atoms with Gasteiger partial charge in [-0.3, -0.25) is 9.59 Å². The van der Waals surface area contributed by atoms with Crippen LogP contribution in [0.2, 0.25) is 0 Å². The summed E-state index contributed by atoms with van der Waals surface area (Å²) >= 11 is 0. The van der Waals surface area contributed by atoms with Crippen molar-refractivity contribution in [3.05, 3.63) is 106 Å². The highest BCUT2D eigenvalue weighted by molar-refractivity contribution is 6.08. The summed E-state index contributed by atoms with van der Waals surface area (Å²) in [4.78, 5) is 45.9. The first-order valence-electron chi connectivity index (χ1n) is 14.8. The molecule has 9 heteroatoms. The molecule has 0 saturated heterocycles. The van der Waals surface area contributed by atoms with Crippen LogP contribution in [0.5, 0.6) is 5.75 Å². The van der Waals surface area contributed by atoms with E-state index in [0.717, 1.165) is 40.1 Å². The second-order valence-electron chi connectivity index (χ2n) is 11.8. The SMILES string of the molecule is CNC(=O)N1Cc2cc(C(=O)N3Cc4ccccc4C[C@H]3C)c(-c3cc(C(=O)N(C)c4ccc(O)cc4)c(C)n3C)cc2C1. The highest BCUT2D eigenvalue weighted by Crippen LogP contribution is 2.36. The van der Waals surface area contributed by atoms with Crippen LogP contribution in [0.25, 0.3) is 11.3 Å². The fraction of sp³-hybridized carbons (Fsp3) is 0.286. The summed E-state index contributed by atoms with van der Waals surface area (Å²) in [5.41, 5.74) is 8.30. The van der Waals surface area contributed by atoms with Crippen LogP contribution in [0.15, 0.2) is 66.7 Å². The van der Waals surface area contributed by atoms with E-state index in [2.05, 4.69) is 24.4 Å². The van der Waals surface area contributed by atoms with Gasteiger partial charge in [-0.1, -0.05) is 24.3 Å². The van der Waals surface area contributed by atoms with E-state index in [9.17, 15) is 19.5 Å². The van der Waals surface area contributed by atoms with Gasteiger partial charge < -0.3 is 29.7 Å². The van der Waals surface area contributed by atoms with E-state index in [0.29, 0.717) is 36.4 Å². The van der Waals surface area contributed by atoms with E-state index in [-0.39, 0.29) is 29.6 Å². The molecule has 0 radical (unpaired) electrons. The lowest BCUT2D eigenvalue weighted by Gasteiger charge is -2.35. The second-order valence-corrected chi connectivity index (χ2v) is 11.8. The van der Waals surface area contributed by atoms with Gasteiger partial charge in [0.25, 0.3) is 11.8 Å². The predicted molar refractivity (Wildman–Crippen MR) is 170 cm³/mol. The third kappa shape index (κ3) is 4.98. The minimum absolute atomic E-state index is 0.00659. The number of anilines is 1. The van der Waals surface area contributed by atoms with Crippen molar-refractivity contribution in [3.63, 3.8) is 0 Å². The number of hydrogen-bond donors (Lipinski definition) is 2. The Hall–Kier alpha value is -5.05. The molecule has 4 amide bonds. The van der Waals surface area contributed by atoms with Crippen LogP contribution >= 0.6 is 0 Å². The average molecular weight is 592 g/mol. The minimum Gasteiger partial charge on any atom is -0.508 e. The number of aromatic nitrogens is 1. The molecule has 1 aromatic heterocycles. The van der Waals surface area contributed by atoms with Crippen molar-refractivity contribution in [2.45, 2.75) is 45.9 Å². The first kappa shape index (κ1) is 29.0. The number of phenols is 1. The topological polar surface area (TPSA) is 98.1 Å². The summed E-state index contributed by atoms with van der Waals surface area (Å²) in [6, 6.07) is 20.4. The number of benzene rings is 3. The number of nitrogens with one attached hydrogen (secondary N) is 1. The molecule has 9 nitrogen and oxygen atoms in total. The van der Waals surface area contributed by atoms with Crippen molar-refractivity contribution in [1.82, 2.24) is 19.7 Å². The summed E-state index contributed by atoms with van der Waals surface area (Å²) < 4.78 is 1.96. The monoisotopic (exact) mass is 591 g/mol. The van der Waals surface area contributed by atoms with Crippen LogP contribution in [0, 0.1) is 6.92 Å². The number of rotatable bonds is 4. The Labute approximate surface area is 257 Å². The van der Waals surface area contributed by atoms with Crippen LogP contribution in [-0.4, -0.2) is 57.5 Å². The van der Waals surface area contributed by atoms with Gasteiger partial charge in [-0.15, -0.1) is 0 Å².